The fourth-order valence-electron chi connectivity index (χ4n) is 2.43. The molecule has 0 aliphatic heterocycles. The van der Waals surface area contributed by atoms with E-state index in [0.29, 0.717) is 6.04 Å². The van der Waals surface area contributed by atoms with Crippen LogP contribution < -0.4 is 15.4 Å². The van der Waals surface area contributed by atoms with Gasteiger partial charge in [0, 0.05) is 29.9 Å². The Morgan fingerprint density at radius 3 is 2.65 bits per heavy atom. The number of rotatable bonds is 5. The zero-order chi connectivity index (χ0) is 12.4. The zero-order valence-corrected chi connectivity index (χ0v) is 10.9. The van der Waals surface area contributed by atoms with Crippen molar-refractivity contribution in [2.75, 3.05) is 18.6 Å². The Hall–Kier alpha value is -1.22. The lowest BCUT2D eigenvalue weighted by atomic mass is 10.0. The molecule has 1 aliphatic rings. The highest BCUT2D eigenvalue weighted by molar-refractivity contribution is 5.61. The average molecular weight is 234 g/mol. The fraction of sp³-hybridized carbons (Fsp3) is 0.571. The normalized spacial score (nSPS) is 16.7. The van der Waals surface area contributed by atoms with Gasteiger partial charge in [-0.05, 0) is 38.8 Å². The Balaban J connectivity index is 2.43. The van der Waals surface area contributed by atoms with Gasteiger partial charge in [0.05, 0.1) is 7.11 Å². The molecule has 17 heavy (non-hydrogen) atoms. The molecule has 1 saturated carbocycles. The summed E-state index contributed by atoms with van der Waals surface area (Å²) in [4.78, 5) is 2.45. The number of nitrogens with zero attached hydrogens (tertiary/aromatic N) is 1. The van der Waals surface area contributed by atoms with Gasteiger partial charge in [-0.1, -0.05) is 6.07 Å². The van der Waals surface area contributed by atoms with E-state index in [-0.39, 0.29) is 6.04 Å². The quantitative estimate of drug-likeness (QED) is 0.851. The number of hydrogen-bond acceptors (Lipinski definition) is 3. The second-order valence-electron chi connectivity index (χ2n) is 4.70. The minimum atomic E-state index is -0.00560. The Morgan fingerprint density at radius 2 is 2.18 bits per heavy atom. The van der Waals surface area contributed by atoms with Gasteiger partial charge in [-0.3, -0.25) is 0 Å². The molecule has 3 heteroatoms. The molecule has 1 fully saturated rings. The molecule has 2 N–H and O–H groups in total. The van der Waals surface area contributed by atoms with Crippen LogP contribution in [0.1, 0.15) is 38.3 Å². The first kappa shape index (κ1) is 12.2. The number of benzene rings is 1. The molecule has 94 valence electrons. The molecule has 0 heterocycles. The molecule has 1 atom stereocenters. The molecule has 1 aromatic carbocycles. The van der Waals surface area contributed by atoms with Crippen molar-refractivity contribution in [2.24, 2.45) is 5.73 Å². The Bertz CT molecular complexity index is 386. The van der Waals surface area contributed by atoms with Gasteiger partial charge in [0.1, 0.15) is 5.75 Å². The van der Waals surface area contributed by atoms with Crippen molar-refractivity contribution in [2.45, 2.75) is 38.8 Å². The smallest absolute Gasteiger partial charge is 0.125 e. The first-order valence-corrected chi connectivity index (χ1v) is 6.38. The first-order chi connectivity index (χ1) is 8.19. The van der Waals surface area contributed by atoms with E-state index >= 15 is 0 Å². The maximum atomic E-state index is 6.10. The van der Waals surface area contributed by atoms with Crippen molar-refractivity contribution in [1.29, 1.82) is 0 Å². The summed E-state index contributed by atoms with van der Waals surface area (Å²) in [5.74, 6) is 0.900. The highest BCUT2D eigenvalue weighted by atomic mass is 16.5. The van der Waals surface area contributed by atoms with Gasteiger partial charge >= 0.3 is 0 Å². The summed E-state index contributed by atoms with van der Waals surface area (Å²) >= 11 is 0. The van der Waals surface area contributed by atoms with Crippen LogP contribution in [0.25, 0.3) is 0 Å². The van der Waals surface area contributed by atoms with Crippen LogP contribution in [-0.2, 0) is 0 Å². The van der Waals surface area contributed by atoms with Crippen molar-refractivity contribution in [3.05, 3.63) is 23.8 Å². The summed E-state index contributed by atoms with van der Waals surface area (Å²) in [6, 6.07) is 6.88. The van der Waals surface area contributed by atoms with Crippen molar-refractivity contribution in [3.63, 3.8) is 0 Å². The lowest BCUT2D eigenvalue weighted by molar-refractivity contribution is 0.407. The summed E-state index contributed by atoms with van der Waals surface area (Å²) < 4.78 is 5.44. The van der Waals surface area contributed by atoms with E-state index in [4.69, 9.17) is 10.5 Å². The fourth-order valence-corrected chi connectivity index (χ4v) is 2.43. The second-order valence-corrected chi connectivity index (χ2v) is 4.70. The maximum absolute atomic E-state index is 6.10. The van der Waals surface area contributed by atoms with E-state index in [1.165, 1.54) is 18.5 Å². The molecule has 1 unspecified atom stereocenters. The molecule has 3 nitrogen and oxygen atoms in total. The third-order valence-corrected chi connectivity index (χ3v) is 3.36. The molecule has 1 aliphatic carbocycles. The second kappa shape index (κ2) is 4.96. The van der Waals surface area contributed by atoms with Crippen molar-refractivity contribution >= 4 is 5.69 Å². The van der Waals surface area contributed by atoms with Crippen molar-refractivity contribution in [3.8, 4) is 5.75 Å². The third kappa shape index (κ3) is 2.39. The lowest BCUT2D eigenvalue weighted by Crippen LogP contribution is -2.27. The van der Waals surface area contributed by atoms with Crippen molar-refractivity contribution < 1.29 is 4.74 Å². The topological polar surface area (TPSA) is 38.5 Å². The zero-order valence-electron chi connectivity index (χ0n) is 10.9. The van der Waals surface area contributed by atoms with E-state index in [0.717, 1.165) is 17.9 Å². The molecule has 0 spiro atoms. The molecule has 2 rings (SSSR count). The summed E-state index contributed by atoms with van der Waals surface area (Å²) in [7, 11) is 1.71. The number of nitrogens with two attached hydrogens (primary N) is 1. The summed E-state index contributed by atoms with van der Waals surface area (Å²) in [5, 5.41) is 0. The molecule has 0 aromatic heterocycles. The first-order valence-electron chi connectivity index (χ1n) is 6.38. The van der Waals surface area contributed by atoms with Crippen LogP contribution in [0.4, 0.5) is 5.69 Å². The van der Waals surface area contributed by atoms with Gasteiger partial charge in [-0.2, -0.15) is 0 Å². The highest BCUT2D eigenvalue weighted by Crippen LogP contribution is 2.38. The molecule has 1 aromatic rings. The van der Waals surface area contributed by atoms with Crippen LogP contribution in [0.15, 0.2) is 18.2 Å². The van der Waals surface area contributed by atoms with Gasteiger partial charge in [-0.15, -0.1) is 0 Å². The van der Waals surface area contributed by atoms with Gasteiger partial charge < -0.3 is 15.4 Å². The van der Waals surface area contributed by atoms with E-state index in [2.05, 4.69) is 17.9 Å². The number of methoxy groups -OCH3 is 1. The Morgan fingerprint density at radius 1 is 1.47 bits per heavy atom. The molecule has 0 saturated heterocycles. The number of anilines is 1. The molecular formula is C14H22N2O. The lowest BCUT2D eigenvalue weighted by Gasteiger charge is -2.28. The molecule has 0 radical (unpaired) electrons. The van der Waals surface area contributed by atoms with E-state index in [1.54, 1.807) is 7.11 Å². The minimum absolute atomic E-state index is 0.00560. The predicted octanol–water partition coefficient (Wildman–Crippen LogP) is 2.70. The summed E-state index contributed by atoms with van der Waals surface area (Å²) in [6.07, 6.45) is 2.59. The van der Waals surface area contributed by atoms with Gasteiger partial charge in [0.2, 0.25) is 0 Å². The van der Waals surface area contributed by atoms with Gasteiger partial charge in [-0.25, -0.2) is 0 Å². The monoisotopic (exact) mass is 234 g/mol. The van der Waals surface area contributed by atoms with Gasteiger partial charge in [0.15, 0.2) is 0 Å². The summed E-state index contributed by atoms with van der Waals surface area (Å²) in [5.41, 5.74) is 8.47. The van der Waals surface area contributed by atoms with Crippen LogP contribution in [0.3, 0.4) is 0 Å². The molecular weight excluding hydrogens is 212 g/mol. The minimum Gasteiger partial charge on any atom is -0.496 e. The van der Waals surface area contributed by atoms with Crippen LogP contribution in [-0.4, -0.2) is 19.7 Å². The summed E-state index contributed by atoms with van der Waals surface area (Å²) in [6.45, 7) is 5.24. The number of hydrogen-bond donors (Lipinski definition) is 1. The van der Waals surface area contributed by atoms with Crippen LogP contribution in [0.5, 0.6) is 5.75 Å². The third-order valence-electron chi connectivity index (χ3n) is 3.36. The SMILES string of the molecule is CCN(c1cccc(OC)c1C(C)N)C1CC1. The van der Waals surface area contributed by atoms with Crippen LogP contribution in [0.2, 0.25) is 0 Å². The van der Waals surface area contributed by atoms with Gasteiger partial charge in [0.25, 0.3) is 0 Å². The Labute approximate surface area is 104 Å². The maximum Gasteiger partial charge on any atom is 0.125 e. The number of ether oxygens (including phenoxy) is 1. The van der Waals surface area contributed by atoms with E-state index in [9.17, 15) is 0 Å². The molecule has 0 amide bonds. The Kier molecular flexibility index (Phi) is 3.57. The van der Waals surface area contributed by atoms with E-state index < -0.39 is 0 Å². The largest absolute Gasteiger partial charge is 0.496 e. The van der Waals surface area contributed by atoms with Crippen LogP contribution in [0, 0.1) is 0 Å². The predicted molar refractivity (Wildman–Crippen MR) is 71.6 cm³/mol. The van der Waals surface area contributed by atoms with Crippen LogP contribution >= 0.6 is 0 Å². The standard InChI is InChI=1S/C14H22N2O/c1-4-16(11-8-9-11)12-6-5-7-13(17-3)14(12)10(2)15/h5-7,10-11H,4,8-9,15H2,1-3H3. The average Bonchev–Trinajstić information content (AvgIpc) is 3.13. The van der Waals surface area contributed by atoms with E-state index in [1.807, 2.05) is 19.1 Å². The van der Waals surface area contributed by atoms with Crippen molar-refractivity contribution in [1.82, 2.24) is 0 Å². The molecule has 0 bridgehead atoms. The highest BCUT2D eigenvalue weighted by Gasteiger charge is 2.30.